The van der Waals surface area contributed by atoms with Crippen LogP contribution in [0, 0.1) is 5.82 Å². The van der Waals surface area contributed by atoms with Gasteiger partial charge in [0.05, 0.1) is 12.2 Å². The van der Waals surface area contributed by atoms with Gasteiger partial charge in [-0.1, -0.05) is 28.1 Å². The standard InChI is InChI=1S/C20H14BrFN2O3S2/c21-14-4-6-16(7-5-14)23-11-18-19(25)20-17(8-9-28-20)24(29(18,26)27)12-13-2-1-3-15(22)10-13/h1-11,23H,12H2. The van der Waals surface area contributed by atoms with Crippen molar-refractivity contribution in [1.82, 2.24) is 0 Å². The lowest BCUT2D eigenvalue weighted by molar-refractivity contribution is 0.104. The van der Waals surface area contributed by atoms with Gasteiger partial charge in [-0.3, -0.25) is 9.10 Å². The number of Topliss-reactive ketones (excluding diaryl/α,β-unsaturated/α-hetero) is 1. The first-order valence-electron chi connectivity index (χ1n) is 8.48. The third kappa shape index (κ3) is 3.85. The number of hydrogen-bond acceptors (Lipinski definition) is 5. The van der Waals surface area contributed by atoms with Crippen LogP contribution in [-0.4, -0.2) is 14.2 Å². The number of nitrogens with one attached hydrogen (secondary N) is 1. The zero-order chi connectivity index (χ0) is 20.6. The number of fused-ring (bicyclic) bond motifs is 1. The lowest BCUT2D eigenvalue weighted by atomic mass is 10.2. The van der Waals surface area contributed by atoms with Crippen LogP contribution in [0.5, 0.6) is 0 Å². The van der Waals surface area contributed by atoms with Crippen LogP contribution in [-0.2, 0) is 16.6 Å². The van der Waals surface area contributed by atoms with Crippen molar-refractivity contribution in [2.24, 2.45) is 0 Å². The van der Waals surface area contributed by atoms with Crippen molar-refractivity contribution >= 4 is 54.4 Å². The highest BCUT2D eigenvalue weighted by atomic mass is 79.9. The molecule has 1 aliphatic heterocycles. The molecule has 29 heavy (non-hydrogen) atoms. The predicted molar refractivity (Wildman–Crippen MR) is 116 cm³/mol. The molecule has 1 aliphatic rings. The van der Waals surface area contributed by atoms with E-state index >= 15 is 0 Å². The number of rotatable bonds is 4. The molecule has 4 rings (SSSR count). The van der Waals surface area contributed by atoms with E-state index in [9.17, 15) is 17.6 Å². The fourth-order valence-corrected chi connectivity index (χ4v) is 5.70. The van der Waals surface area contributed by atoms with E-state index in [-0.39, 0.29) is 11.4 Å². The van der Waals surface area contributed by atoms with Crippen molar-refractivity contribution in [3.63, 3.8) is 0 Å². The van der Waals surface area contributed by atoms with Gasteiger partial charge in [-0.15, -0.1) is 11.3 Å². The second-order valence-corrected chi connectivity index (χ2v) is 9.93. The molecule has 0 amide bonds. The van der Waals surface area contributed by atoms with Crippen molar-refractivity contribution in [2.75, 3.05) is 9.62 Å². The van der Waals surface area contributed by atoms with Gasteiger partial charge in [-0.25, -0.2) is 12.8 Å². The largest absolute Gasteiger partial charge is 0.360 e. The molecule has 0 spiro atoms. The van der Waals surface area contributed by atoms with Gasteiger partial charge in [0, 0.05) is 16.4 Å². The smallest absolute Gasteiger partial charge is 0.270 e. The van der Waals surface area contributed by atoms with Crippen LogP contribution in [0.3, 0.4) is 0 Å². The monoisotopic (exact) mass is 492 g/mol. The summed E-state index contributed by atoms with van der Waals surface area (Å²) in [5, 5.41) is 4.55. The summed E-state index contributed by atoms with van der Waals surface area (Å²) in [7, 11) is -4.13. The molecular weight excluding hydrogens is 479 g/mol. The van der Waals surface area contributed by atoms with E-state index in [1.807, 2.05) is 0 Å². The van der Waals surface area contributed by atoms with E-state index in [0.29, 0.717) is 21.8 Å². The van der Waals surface area contributed by atoms with E-state index in [0.717, 1.165) is 8.78 Å². The van der Waals surface area contributed by atoms with Gasteiger partial charge < -0.3 is 5.32 Å². The van der Waals surface area contributed by atoms with Gasteiger partial charge in [-0.2, -0.15) is 0 Å². The van der Waals surface area contributed by atoms with Crippen LogP contribution in [0.2, 0.25) is 0 Å². The summed E-state index contributed by atoms with van der Waals surface area (Å²) in [5.74, 6) is -1.01. The fraction of sp³-hybridized carbons (Fsp3) is 0.0500. The Bertz CT molecular complexity index is 1220. The van der Waals surface area contributed by atoms with Crippen molar-refractivity contribution in [2.45, 2.75) is 6.54 Å². The summed E-state index contributed by atoms with van der Waals surface area (Å²) in [6.45, 7) is -0.0767. The number of ketones is 1. The van der Waals surface area contributed by atoms with E-state index in [1.165, 1.54) is 35.7 Å². The summed E-state index contributed by atoms with van der Waals surface area (Å²) in [6, 6.07) is 14.4. The van der Waals surface area contributed by atoms with E-state index < -0.39 is 21.6 Å². The molecule has 0 radical (unpaired) electrons. The molecule has 0 unspecified atom stereocenters. The minimum Gasteiger partial charge on any atom is -0.360 e. The molecule has 9 heteroatoms. The molecular formula is C20H14BrFN2O3S2. The Morgan fingerprint density at radius 3 is 2.62 bits per heavy atom. The molecule has 2 heterocycles. The average molecular weight is 493 g/mol. The Morgan fingerprint density at radius 2 is 1.90 bits per heavy atom. The topological polar surface area (TPSA) is 66.5 Å². The first-order valence-corrected chi connectivity index (χ1v) is 11.6. The van der Waals surface area contributed by atoms with Crippen molar-refractivity contribution < 1.29 is 17.6 Å². The highest BCUT2D eigenvalue weighted by Gasteiger charge is 2.41. The summed E-state index contributed by atoms with van der Waals surface area (Å²) < 4.78 is 42.1. The number of carbonyl (C=O) groups is 1. The molecule has 2 aromatic carbocycles. The first-order chi connectivity index (χ1) is 13.9. The number of carbonyl (C=O) groups excluding carboxylic acids is 1. The summed E-state index contributed by atoms with van der Waals surface area (Å²) in [6.07, 6.45) is 1.21. The maximum absolute atomic E-state index is 13.6. The molecule has 0 fully saturated rings. The van der Waals surface area contributed by atoms with Crippen LogP contribution >= 0.6 is 27.3 Å². The average Bonchev–Trinajstić information content (AvgIpc) is 3.16. The fourth-order valence-electron chi connectivity index (χ4n) is 2.95. The molecule has 5 nitrogen and oxygen atoms in total. The zero-order valence-electron chi connectivity index (χ0n) is 14.8. The molecule has 1 N–H and O–H groups in total. The second kappa shape index (κ2) is 7.74. The summed E-state index contributed by atoms with van der Waals surface area (Å²) in [5.41, 5.74) is 1.43. The van der Waals surface area contributed by atoms with Gasteiger partial charge in [0.2, 0.25) is 5.78 Å². The number of sulfonamides is 1. The zero-order valence-corrected chi connectivity index (χ0v) is 18.0. The Kier molecular flexibility index (Phi) is 5.28. The van der Waals surface area contributed by atoms with Crippen LogP contribution < -0.4 is 9.62 Å². The van der Waals surface area contributed by atoms with Crippen LogP contribution in [0.4, 0.5) is 15.8 Å². The van der Waals surface area contributed by atoms with Crippen molar-refractivity contribution in [3.8, 4) is 0 Å². The highest BCUT2D eigenvalue weighted by molar-refractivity contribution is 9.10. The van der Waals surface area contributed by atoms with E-state index in [4.69, 9.17) is 0 Å². The lowest BCUT2D eigenvalue weighted by Crippen LogP contribution is -2.38. The van der Waals surface area contributed by atoms with Gasteiger partial charge in [0.25, 0.3) is 10.0 Å². The Hall–Kier alpha value is -2.49. The summed E-state index contributed by atoms with van der Waals surface area (Å²) in [4.78, 5) is 12.8. The normalized spacial score (nSPS) is 16.7. The number of halogens is 2. The molecule has 0 bridgehead atoms. The van der Waals surface area contributed by atoms with Gasteiger partial charge in [-0.05, 0) is 53.4 Å². The Morgan fingerprint density at radius 1 is 1.14 bits per heavy atom. The number of thiophene rings is 1. The molecule has 148 valence electrons. The SMILES string of the molecule is O=C1C(=CNc2ccc(Br)cc2)S(=O)(=O)N(Cc2cccc(F)c2)c2ccsc21. The Balaban J connectivity index is 1.74. The third-order valence-corrected chi connectivity index (χ3v) is 7.54. The minimum atomic E-state index is -4.13. The van der Waals surface area contributed by atoms with Gasteiger partial charge >= 0.3 is 0 Å². The molecule has 0 saturated heterocycles. The van der Waals surface area contributed by atoms with Gasteiger partial charge in [0.1, 0.15) is 10.7 Å². The van der Waals surface area contributed by atoms with E-state index in [2.05, 4.69) is 21.2 Å². The molecule has 1 aromatic heterocycles. The van der Waals surface area contributed by atoms with Crippen LogP contribution in [0.1, 0.15) is 15.2 Å². The number of nitrogens with zero attached hydrogens (tertiary/aromatic N) is 1. The second-order valence-electron chi connectivity index (χ2n) is 6.27. The van der Waals surface area contributed by atoms with E-state index in [1.54, 1.807) is 41.8 Å². The number of anilines is 2. The highest BCUT2D eigenvalue weighted by Crippen LogP contribution is 2.39. The number of hydrogen-bond donors (Lipinski definition) is 1. The quantitative estimate of drug-likeness (QED) is 0.512. The third-order valence-electron chi connectivity index (χ3n) is 4.34. The minimum absolute atomic E-state index is 0.0767. The predicted octanol–water partition coefficient (Wildman–Crippen LogP) is 5.14. The van der Waals surface area contributed by atoms with Crippen LogP contribution in [0.15, 0.2) is 75.6 Å². The lowest BCUT2D eigenvalue weighted by Gasteiger charge is -2.29. The maximum atomic E-state index is 13.6. The molecule has 0 saturated carbocycles. The molecule has 0 aliphatic carbocycles. The summed E-state index contributed by atoms with van der Waals surface area (Å²) >= 11 is 4.51. The van der Waals surface area contributed by atoms with Gasteiger partial charge in [0.15, 0.2) is 4.91 Å². The molecule has 0 atom stereocenters. The van der Waals surface area contributed by atoms with Crippen molar-refractivity contribution in [1.29, 1.82) is 0 Å². The van der Waals surface area contributed by atoms with Crippen molar-refractivity contribution in [3.05, 3.63) is 91.8 Å². The number of allylic oxidation sites excluding steroid dienone is 1. The first kappa shape index (κ1) is 19.8. The number of benzene rings is 2. The molecule has 3 aromatic rings. The van der Waals surface area contributed by atoms with Crippen LogP contribution in [0.25, 0.3) is 0 Å². The Labute approximate surface area is 179 Å². The maximum Gasteiger partial charge on any atom is 0.270 e.